The van der Waals surface area contributed by atoms with E-state index in [4.69, 9.17) is 15.2 Å². The van der Waals surface area contributed by atoms with Crippen LogP contribution in [0.3, 0.4) is 0 Å². The number of aromatic nitrogens is 2. The lowest BCUT2D eigenvalue weighted by molar-refractivity contribution is -0.192. The Labute approximate surface area is 263 Å². The number of likely N-dealkylation sites (tertiary alicyclic amines) is 1. The lowest BCUT2D eigenvalue weighted by Crippen LogP contribution is -2.72. The molecule has 3 aliphatic rings. The van der Waals surface area contributed by atoms with Crippen molar-refractivity contribution >= 4 is 17.6 Å². The van der Waals surface area contributed by atoms with Crippen LogP contribution in [-0.4, -0.2) is 70.6 Å². The molecule has 1 amide bonds. The van der Waals surface area contributed by atoms with E-state index < -0.39 is 41.7 Å². The lowest BCUT2D eigenvalue weighted by atomic mass is 9.72. The maximum Gasteiger partial charge on any atom is 0.490 e. The number of rotatable bonds is 8. The predicted molar refractivity (Wildman–Crippen MR) is 151 cm³/mol. The highest BCUT2D eigenvalue weighted by Gasteiger charge is 2.52. The monoisotopic (exact) mass is 664 g/mol. The quantitative estimate of drug-likeness (QED) is 0.335. The fourth-order valence-corrected chi connectivity index (χ4v) is 6.17. The van der Waals surface area contributed by atoms with Gasteiger partial charge in [-0.15, -0.1) is 0 Å². The molecule has 2 aliphatic heterocycles. The van der Waals surface area contributed by atoms with Gasteiger partial charge in [-0.3, -0.25) is 19.7 Å². The Hall–Kier alpha value is -4.78. The molecule has 1 spiro atoms. The number of carbonyl (C=O) groups excluding carboxylic acids is 1. The van der Waals surface area contributed by atoms with E-state index in [-0.39, 0.29) is 16.9 Å². The van der Waals surface area contributed by atoms with Crippen molar-refractivity contribution in [1.29, 1.82) is 5.26 Å². The normalized spacial score (nSPS) is 18.2. The van der Waals surface area contributed by atoms with E-state index in [1.807, 2.05) is 12.1 Å². The van der Waals surface area contributed by atoms with Gasteiger partial charge in [0.05, 0.1) is 23.1 Å². The van der Waals surface area contributed by atoms with Gasteiger partial charge in [0.15, 0.2) is 11.6 Å². The molecular weight excluding hydrogens is 637 g/mol. The number of alkyl halides is 5. The highest BCUT2D eigenvalue weighted by molar-refractivity contribution is 5.81. The molecule has 6 rings (SSSR count). The third-order valence-electron chi connectivity index (χ3n) is 8.35. The number of carboxylic acid groups (broad SMARTS) is 1. The molecule has 2 aromatic heterocycles. The first-order valence-corrected chi connectivity index (χ1v) is 14.3. The number of pyridine rings is 2. The van der Waals surface area contributed by atoms with Crippen molar-refractivity contribution < 1.29 is 45.4 Å². The number of hydrogen-bond acceptors (Lipinski definition) is 7. The molecule has 47 heavy (non-hydrogen) atoms. The van der Waals surface area contributed by atoms with Crippen LogP contribution in [0.1, 0.15) is 35.2 Å². The molecule has 3 fully saturated rings. The van der Waals surface area contributed by atoms with Gasteiger partial charge in [0.1, 0.15) is 11.6 Å². The van der Waals surface area contributed by atoms with Crippen molar-refractivity contribution in [2.24, 2.45) is 11.3 Å². The first kappa shape index (κ1) is 33.6. The minimum absolute atomic E-state index is 0.179. The molecule has 1 saturated carbocycles. The molecule has 16 heteroatoms. The van der Waals surface area contributed by atoms with Crippen LogP contribution >= 0.6 is 0 Å². The third kappa shape index (κ3) is 7.14. The molecule has 2 N–H and O–H groups in total. The number of carboxylic acids is 1. The number of hydrogen-bond donors (Lipinski definition) is 2. The summed E-state index contributed by atoms with van der Waals surface area (Å²) in [5, 5.41) is 18.7. The van der Waals surface area contributed by atoms with Crippen LogP contribution in [-0.2, 0) is 21.7 Å². The number of nitrogens with one attached hydrogen (secondary N) is 1. The summed E-state index contributed by atoms with van der Waals surface area (Å²) in [6.07, 6.45) is -2.15. The molecule has 2 saturated heterocycles. The SMILES string of the molecule is N#Cc1cncc(N2CC3(CN(Cc4ccc(C(NC(=O)C(F)F)(c5ccc(F)c(F)c5)C5CC5)nc4)C3)C2)c1.O=C(O)C(F)(F)F. The topological polar surface area (TPSA) is 122 Å². The highest BCUT2D eigenvalue weighted by Crippen LogP contribution is 2.50. The molecule has 1 aliphatic carbocycles. The standard InChI is InChI=1S/C29H26F4N6O.C2HF3O2/c30-23-5-4-21(8-24(23)31)29(20-2-3-20,37-27(40)26(32)33)25-6-1-18(11-36-25)13-38-14-28(15-38)16-39(17-28)22-7-19(9-34)10-35-12-22;3-2(4,5)1(6)7/h1,4-8,10-12,20,26H,2-3,13-17H2,(H,37,40);(H,6,7). The van der Waals surface area contributed by atoms with Crippen LogP contribution in [0.2, 0.25) is 0 Å². The molecule has 1 aromatic carbocycles. The summed E-state index contributed by atoms with van der Waals surface area (Å²) in [4.78, 5) is 34.3. The molecule has 1 unspecified atom stereocenters. The number of aliphatic carboxylic acids is 1. The van der Waals surface area contributed by atoms with Crippen LogP contribution in [0.15, 0.2) is 55.0 Å². The molecule has 0 radical (unpaired) electrons. The van der Waals surface area contributed by atoms with Gasteiger partial charge in [-0.25, -0.2) is 13.6 Å². The van der Waals surface area contributed by atoms with Crippen molar-refractivity contribution in [3.05, 3.63) is 89.0 Å². The minimum atomic E-state index is -5.08. The summed E-state index contributed by atoms with van der Waals surface area (Å²) < 4.78 is 86.3. The number of anilines is 1. The number of carbonyl (C=O) groups is 2. The van der Waals surface area contributed by atoms with Crippen molar-refractivity contribution in [1.82, 2.24) is 20.2 Å². The van der Waals surface area contributed by atoms with E-state index in [1.54, 1.807) is 24.7 Å². The van der Waals surface area contributed by atoms with Crippen molar-refractivity contribution in [3.63, 3.8) is 0 Å². The molecule has 1 atom stereocenters. The summed E-state index contributed by atoms with van der Waals surface area (Å²) in [6, 6.07) is 10.7. The Balaban J connectivity index is 0.000000559. The maximum absolute atomic E-state index is 14.2. The van der Waals surface area contributed by atoms with Gasteiger partial charge >= 0.3 is 18.6 Å². The van der Waals surface area contributed by atoms with E-state index in [1.165, 1.54) is 6.07 Å². The van der Waals surface area contributed by atoms with E-state index in [0.717, 1.165) is 49.6 Å². The zero-order valence-corrected chi connectivity index (χ0v) is 24.4. The predicted octanol–water partition coefficient (Wildman–Crippen LogP) is 4.62. The van der Waals surface area contributed by atoms with Crippen molar-refractivity contribution in [2.45, 2.75) is 37.5 Å². The fraction of sp³-hybridized carbons (Fsp3) is 0.387. The third-order valence-corrected chi connectivity index (χ3v) is 8.35. The lowest BCUT2D eigenvalue weighted by Gasteiger charge is -2.61. The number of amides is 1. The second kappa shape index (κ2) is 12.8. The van der Waals surface area contributed by atoms with Crippen LogP contribution < -0.4 is 10.2 Å². The van der Waals surface area contributed by atoms with Gasteiger partial charge < -0.3 is 15.3 Å². The molecule has 9 nitrogen and oxygen atoms in total. The Morgan fingerprint density at radius 3 is 2.23 bits per heavy atom. The zero-order chi connectivity index (χ0) is 34.1. The van der Waals surface area contributed by atoms with Crippen LogP contribution in [0.4, 0.5) is 36.4 Å². The first-order valence-electron chi connectivity index (χ1n) is 14.3. The van der Waals surface area contributed by atoms with Gasteiger partial charge in [-0.2, -0.15) is 27.2 Å². The zero-order valence-electron chi connectivity index (χ0n) is 24.4. The van der Waals surface area contributed by atoms with E-state index >= 15 is 0 Å². The molecule has 4 heterocycles. The summed E-state index contributed by atoms with van der Waals surface area (Å²) in [5.41, 5.74) is 1.59. The maximum atomic E-state index is 14.2. The van der Waals surface area contributed by atoms with Crippen LogP contribution in [0.25, 0.3) is 0 Å². The highest BCUT2D eigenvalue weighted by atomic mass is 19.4. The van der Waals surface area contributed by atoms with Gasteiger partial charge in [0, 0.05) is 50.5 Å². The molecule has 248 valence electrons. The fourth-order valence-electron chi connectivity index (χ4n) is 6.17. The molecular formula is C31H27F7N6O3. The number of nitriles is 1. The Kier molecular flexibility index (Phi) is 9.13. The number of nitrogens with zero attached hydrogens (tertiary/aromatic N) is 5. The number of benzene rings is 1. The Morgan fingerprint density at radius 2 is 1.70 bits per heavy atom. The van der Waals surface area contributed by atoms with E-state index in [0.29, 0.717) is 30.6 Å². The average Bonchev–Trinajstić information content (AvgIpc) is 3.84. The minimum Gasteiger partial charge on any atom is -0.475 e. The summed E-state index contributed by atoms with van der Waals surface area (Å²) >= 11 is 0. The van der Waals surface area contributed by atoms with Crippen LogP contribution in [0.5, 0.6) is 0 Å². The van der Waals surface area contributed by atoms with Gasteiger partial charge in [0.2, 0.25) is 0 Å². The Morgan fingerprint density at radius 1 is 1.02 bits per heavy atom. The second-order valence-electron chi connectivity index (χ2n) is 11.9. The number of halogens is 7. The van der Waals surface area contributed by atoms with Gasteiger partial charge in [0.25, 0.3) is 5.91 Å². The summed E-state index contributed by atoms with van der Waals surface area (Å²) in [5.74, 6) is -6.71. The summed E-state index contributed by atoms with van der Waals surface area (Å²) in [7, 11) is 0. The molecule has 3 aromatic rings. The van der Waals surface area contributed by atoms with Crippen LogP contribution in [0, 0.1) is 34.3 Å². The Bertz CT molecular complexity index is 1680. The van der Waals surface area contributed by atoms with E-state index in [2.05, 4.69) is 31.2 Å². The first-order chi connectivity index (χ1) is 22.2. The average molecular weight is 665 g/mol. The van der Waals surface area contributed by atoms with Crippen molar-refractivity contribution in [3.8, 4) is 6.07 Å². The van der Waals surface area contributed by atoms with Gasteiger partial charge in [-0.05, 0) is 54.2 Å². The smallest absolute Gasteiger partial charge is 0.475 e. The van der Waals surface area contributed by atoms with Crippen molar-refractivity contribution in [2.75, 3.05) is 31.1 Å². The van der Waals surface area contributed by atoms with Gasteiger partial charge in [-0.1, -0.05) is 12.1 Å². The largest absolute Gasteiger partial charge is 0.490 e. The molecule has 0 bridgehead atoms. The summed E-state index contributed by atoms with van der Waals surface area (Å²) in [6.45, 7) is 4.23. The van der Waals surface area contributed by atoms with E-state index in [9.17, 15) is 35.5 Å². The second-order valence-corrected chi connectivity index (χ2v) is 11.9.